The van der Waals surface area contributed by atoms with E-state index in [2.05, 4.69) is 22.5 Å². The monoisotopic (exact) mass is 283 g/mol. The summed E-state index contributed by atoms with van der Waals surface area (Å²) in [5, 5.41) is 7.01. The maximum atomic E-state index is 12.3. The molecule has 1 heterocycles. The van der Waals surface area contributed by atoms with Crippen molar-refractivity contribution in [2.24, 2.45) is 7.05 Å². The Morgan fingerprint density at radius 3 is 2.90 bits per heavy atom. The molecular weight excluding hydrogens is 266 g/mol. The number of carbonyl (C=O) groups excluding carboxylic acids is 1. The fourth-order valence-corrected chi connectivity index (χ4v) is 2.76. The summed E-state index contributed by atoms with van der Waals surface area (Å²) in [7, 11) is 1.54. The Labute approximate surface area is 122 Å². The van der Waals surface area contributed by atoms with Gasteiger partial charge in [0.05, 0.1) is 6.04 Å². The molecule has 0 saturated carbocycles. The molecule has 1 aromatic heterocycles. The molecule has 2 aromatic rings. The van der Waals surface area contributed by atoms with Crippen LogP contribution in [0, 0.1) is 0 Å². The first kappa shape index (κ1) is 13.5. The Kier molecular flexibility index (Phi) is 3.56. The molecule has 1 amide bonds. The Balaban J connectivity index is 1.82. The molecule has 0 radical (unpaired) electrons. The molecule has 1 atom stereocenters. The lowest BCUT2D eigenvalue weighted by Crippen LogP contribution is -2.33. The molecule has 0 fully saturated rings. The number of benzene rings is 1. The summed E-state index contributed by atoms with van der Waals surface area (Å²) in [5.41, 5.74) is 2.51. The van der Waals surface area contributed by atoms with Crippen LogP contribution in [0.3, 0.4) is 0 Å². The van der Waals surface area contributed by atoms with Gasteiger partial charge in [0.25, 0.3) is 11.5 Å². The van der Waals surface area contributed by atoms with Crippen molar-refractivity contribution in [1.82, 2.24) is 15.1 Å². The van der Waals surface area contributed by atoms with E-state index in [1.54, 1.807) is 0 Å². The Hall–Kier alpha value is -2.43. The SMILES string of the molecule is Cn1nc(C(=O)N[C@@H]2CCCc3ccccc32)ccc1=O. The first-order valence-electron chi connectivity index (χ1n) is 7.08. The molecule has 5 heteroatoms. The van der Waals surface area contributed by atoms with Crippen molar-refractivity contribution in [3.63, 3.8) is 0 Å². The quantitative estimate of drug-likeness (QED) is 0.910. The summed E-state index contributed by atoms with van der Waals surface area (Å²) < 4.78 is 1.17. The molecule has 1 aliphatic carbocycles. The normalized spacial score (nSPS) is 17.1. The first-order chi connectivity index (χ1) is 10.1. The van der Waals surface area contributed by atoms with Gasteiger partial charge in [-0.3, -0.25) is 9.59 Å². The minimum absolute atomic E-state index is 0.0153. The van der Waals surface area contributed by atoms with Crippen molar-refractivity contribution in [1.29, 1.82) is 0 Å². The van der Waals surface area contributed by atoms with Crippen molar-refractivity contribution in [3.05, 3.63) is 63.6 Å². The molecular formula is C16H17N3O2. The number of carbonyl (C=O) groups is 1. The maximum Gasteiger partial charge on any atom is 0.272 e. The summed E-state index contributed by atoms with van der Waals surface area (Å²) in [6.07, 6.45) is 3.04. The molecule has 5 nitrogen and oxygen atoms in total. The fourth-order valence-electron chi connectivity index (χ4n) is 2.76. The topological polar surface area (TPSA) is 64.0 Å². The lowest BCUT2D eigenvalue weighted by Gasteiger charge is -2.26. The van der Waals surface area contributed by atoms with Gasteiger partial charge in [-0.05, 0) is 36.5 Å². The van der Waals surface area contributed by atoms with Gasteiger partial charge in [-0.1, -0.05) is 24.3 Å². The standard InChI is InChI=1S/C16H17N3O2/c1-19-15(20)10-9-14(18-19)16(21)17-13-8-4-6-11-5-2-3-7-12(11)13/h2-3,5,7,9-10,13H,4,6,8H2,1H3,(H,17,21)/t13-/m1/s1. The number of aromatic nitrogens is 2. The minimum Gasteiger partial charge on any atom is -0.344 e. The highest BCUT2D eigenvalue weighted by Crippen LogP contribution is 2.29. The van der Waals surface area contributed by atoms with Gasteiger partial charge in [0.2, 0.25) is 0 Å². The zero-order chi connectivity index (χ0) is 14.8. The van der Waals surface area contributed by atoms with Crippen LogP contribution in [0.25, 0.3) is 0 Å². The van der Waals surface area contributed by atoms with Crippen LogP contribution in [-0.2, 0) is 13.5 Å². The average Bonchev–Trinajstić information content (AvgIpc) is 2.50. The number of amides is 1. The highest BCUT2D eigenvalue weighted by molar-refractivity contribution is 5.92. The van der Waals surface area contributed by atoms with Gasteiger partial charge in [0, 0.05) is 13.1 Å². The summed E-state index contributed by atoms with van der Waals surface area (Å²) in [6, 6.07) is 11.0. The number of aryl methyl sites for hydroxylation is 2. The molecule has 1 N–H and O–H groups in total. The van der Waals surface area contributed by atoms with E-state index in [1.807, 2.05) is 12.1 Å². The molecule has 1 aromatic carbocycles. The average molecular weight is 283 g/mol. The van der Waals surface area contributed by atoms with E-state index in [0.29, 0.717) is 0 Å². The van der Waals surface area contributed by atoms with Gasteiger partial charge in [-0.2, -0.15) is 5.10 Å². The third kappa shape index (κ3) is 2.72. The second-order valence-corrected chi connectivity index (χ2v) is 5.30. The number of nitrogens with one attached hydrogen (secondary N) is 1. The number of rotatable bonds is 2. The molecule has 0 unspecified atom stereocenters. The lowest BCUT2D eigenvalue weighted by atomic mass is 9.87. The van der Waals surface area contributed by atoms with Crippen LogP contribution in [0.1, 0.15) is 40.5 Å². The Bertz CT molecular complexity index is 736. The smallest absolute Gasteiger partial charge is 0.272 e. The highest BCUT2D eigenvalue weighted by Gasteiger charge is 2.22. The largest absolute Gasteiger partial charge is 0.344 e. The van der Waals surface area contributed by atoms with Crippen LogP contribution in [-0.4, -0.2) is 15.7 Å². The van der Waals surface area contributed by atoms with Crippen LogP contribution in [0.5, 0.6) is 0 Å². The lowest BCUT2D eigenvalue weighted by molar-refractivity contribution is 0.0925. The van der Waals surface area contributed by atoms with Crippen molar-refractivity contribution in [2.45, 2.75) is 25.3 Å². The molecule has 108 valence electrons. The molecule has 21 heavy (non-hydrogen) atoms. The fraction of sp³-hybridized carbons (Fsp3) is 0.312. The predicted molar refractivity (Wildman–Crippen MR) is 79.1 cm³/mol. The van der Waals surface area contributed by atoms with Crippen molar-refractivity contribution in [3.8, 4) is 0 Å². The van der Waals surface area contributed by atoms with Crippen LogP contribution < -0.4 is 10.9 Å². The Morgan fingerprint density at radius 1 is 1.29 bits per heavy atom. The third-order valence-corrected chi connectivity index (χ3v) is 3.87. The molecule has 1 aliphatic rings. The van der Waals surface area contributed by atoms with Crippen LogP contribution in [0.2, 0.25) is 0 Å². The van der Waals surface area contributed by atoms with Gasteiger partial charge in [0.15, 0.2) is 0 Å². The van der Waals surface area contributed by atoms with Gasteiger partial charge in [-0.25, -0.2) is 4.68 Å². The predicted octanol–water partition coefficient (Wildman–Crippen LogP) is 1.59. The maximum absolute atomic E-state index is 12.3. The molecule has 0 spiro atoms. The Morgan fingerprint density at radius 2 is 2.10 bits per heavy atom. The van der Waals surface area contributed by atoms with Gasteiger partial charge in [0.1, 0.15) is 5.69 Å². The van der Waals surface area contributed by atoms with E-state index in [9.17, 15) is 9.59 Å². The second-order valence-electron chi connectivity index (χ2n) is 5.30. The molecule has 3 rings (SSSR count). The van der Waals surface area contributed by atoms with E-state index < -0.39 is 0 Å². The first-order valence-corrected chi connectivity index (χ1v) is 7.08. The second kappa shape index (κ2) is 5.52. The van der Waals surface area contributed by atoms with E-state index >= 15 is 0 Å². The van der Waals surface area contributed by atoms with Crippen LogP contribution in [0.4, 0.5) is 0 Å². The van der Waals surface area contributed by atoms with Crippen molar-refractivity contribution in [2.75, 3.05) is 0 Å². The van der Waals surface area contributed by atoms with Gasteiger partial charge < -0.3 is 5.32 Å². The molecule has 0 saturated heterocycles. The zero-order valence-corrected chi connectivity index (χ0v) is 11.9. The summed E-state index contributed by atoms with van der Waals surface area (Å²) in [5.74, 6) is -0.243. The van der Waals surface area contributed by atoms with Crippen LogP contribution in [0.15, 0.2) is 41.2 Å². The highest BCUT2D eigenvalue weighted by atomic mass is 16.2. The number of fused-ring (bicyclic) bond motifs is 1. The van der Waals surface area contributed by atoms with E-state index in [4.69, 9.17) is 0 Å². The summed E-state index contributed by atoms with van der Waals surface area (Å²) >= 11 is 0. The summed E-state index contributed by atoms with van der Waals surface area (Å²) in [4.78, 5) is 23.6. The molecule has 0 aliphatic heterocycles. The third-order valence-electron chi connectivity index (χ3n) is 3.87. The minimum atomic E-state index is -0.243. The van der Waals surface area contributed by atoms with Crippen molar-refractivity contribution >= 4 is 5.91 Å². The number of nitrogens with zero attached hydrogens (tertiary/aromatic N) is 2. The zero-order valence-electron chi connectivity index (χ0n) is 11.9. The number of hydrogen-bond donors (Lipinski definition) is 1. The van der Waals surface area contributed by atoms with E-state index in [1.165, 1.54) is 35.0 Å². The van der Waals surface area contributed by atoms with Crippen molar-refractivity contribution < 1.29 is 4.79 Å². The van der Waals surface area contributed by atoms with Gasteiger partial charge >= 0.3 is 0 Å². The van der Waals surface area contributed by atoms with E-state index in [-0.39, 0.29) is 23.2 Å². The van der Waals surface area contributed by atoms with Crippen LogP contribution >= 0.6 is 0 Å². The van der Waals surface area contributed by atoms with Gasteiger partial charge in [-0.15, -0.1) is 0 Å². The van der Waals surface area contributed by atoms with E-state index in [0.717, 1.165) is 19.3 Å². The molecule has 0 bridgehead atoms. The number of hydrogen-bond acceptors (Lipinski definition) is 3. The summed E-state index contributed by atoms with van der Waals surface area (Å²) in [6.45, 7) is 0.